The molecule has 1 amide bonds. The van der Waals surface area contributed by atoms with Crippen LogP contribution in [0.2, 0.25) is 5.02 Å². The van der Waals surface area contributed by atoms with Crippen LogP contribution < -0.4 is 5.32 Å². The summed E-state index contributed by atoms with van der Waals surface area (Å²) in [6.45, 7) is 1.90. The van der Waals surface area contributed by atoms with Gasteiger partial charge in [0.15, 0.2) is 0 Å². The number of aromatic carboxylic acids is 1. The van der Waals surface area contributed by atoms with E-state index in [1.807, 2.05) is 19.1 Å². The maximum atomic E-state index is 12.4. The summed E-state index contributed by atoms with van der Waals surface area (Å²) in [5.41, 5.74) is 2.01. The summed E-state index contributed by atoms with van der Waals surface area (Å²) in [5.74, 6) is -0.950. The van der Waals surface area contributed by atoms with Gasteiger partial charge in [0.25, 0.3) is 5.91 Å². The van der Waals surface area contributed by atoms with E-state index in [0.717, 1.165) is 5.56 Å². The second-order valence-electron chi connectivity index (χ2n) is 6.20. The van der Waals surface area contributed by atoms with E-state index < -0.39 is 11.9 Å². The van der Waals surface area contributed by atoms with Crippen molar-refractivity contribution in [2.75, 3.05) is 5.32 Å². The highest BCUT2D eigenvalue weighted by atomic mass is 35.5. The Hall–Kier alpha value is -3.82. The number of nitriles is 1. The smallest absolute Gasteiger partial charge is 0.337 e. The van der Waals surface area contributed by atoms with Gasteiger partial charge in [0.05, 0.1) is 10.6 Å². The van der Waals surface area contributed by atoms with E-state index in [2.05, 4.69) is 5.32 Å². The zero-order valence-electron chi connectivity index (χ0n) is 15.3. The molecule has 0 spiro atoms. The van der Waals surface area contributed by atoms with Gasteiger partial charge in [-0.05, 0) is 48.9 Å². The van der Waals surface area contributed by atoms with Crippen LogP contribution in [-0.2, 0) is 4.79 Å². The van der Waals surface area contributed by atoms with Gasteiger partial charge in [0.1, 0.15) is 23.2 Å². The van der Waals surface area contributed by atoms with Gasteiger partial charge in [0, 0.05) is 17.3 Å². The van der Waals surface area contributed by atoms with Crippen LogP contribution in [-0.4, -0.2) is 17.0 Å². The van der Waals surface area contributed by atoms with Crippen LogP contribution in [0.15, 0.2) is 64.6 Å². The molecular weight excluding hydrogens is 392 g/mol. The molecule has 0 aliphatic carbocycles. The van der Waals surface area contributed by atoms with Gasteiger partial charge < -0.3 is 14.8 Å². The second kappa shape index (κ2) is 8.46. The monoisotopic (exact) mass is 406 g/mol. The summed E-state index contributed by atoms with van der Waals surface area (Å²) in [7, 11) is 0. The first-order chi connectivity index (χ1) is 13.9. The van der Waals surface area contributed by atoms with E-state index in [1.165, 1.54) is 18.2 Å². The Labute approximate surface area is 171 Å². The summed E-state index contributed by atoms with van der Waals surface area (Å²) in [4.78, 5) is 23.4. The van der Waals surface area contributed by atoms with Crippen LogP contribution in [0.3, 0.4) is 0 Å². The van der Waals surface area contributed by atoms with Crippen LogP contribution in [0.4, 0.5) is 5.69 Å². The van der Waals surface area contributed by atoms with Crippen molar-refractivity contribution < 1.29 is 19.1 Å². The number of anilines is 1. The Balaban J connectivity index is 1.82. The highest BCUT2D eigenvalue weighted by Gasteiger charge is 2.13. The van der Waals surface area contributed by atoms with Gasteiger partial charge >= 0.3 is 5.97 Å². The molecule has 0 saturated carbocycles. The molecule has 3 rings (SSSR count). The minimum Gasteiger partial charge on any atom is -0.478 e. The third-order valence-electron chi connectivity index (χ3n) is 4.04. The first-order valence-electron chi connectivity index (χ1n) is 8.50. The number of carboxylic acid groups (broad SMARTS) is 1. The van der Waals surface area contributed by atoms with Crippen LogP contribution in [0.5, 0.6) is 0 Å². The SMILES string of the molecule is Cc1cccc(NC(=O)C(C#N)=Cc2ccc(-c3ccc(C(=O)O)c(Cl)c3)o2)c1. The Morgan fingerprint density at radius 1 is 1.17 bits per heavy atom. The first-order valence-corrected chi connectivity index (χ1v) is 8.88. The topological polar surface area (TPSA) is 103 Å². The highest BCUT2D eigenvalue weighted by Crippen LogP contribution is 2.28. The average Bonchev–Trinajstić information content (AvgIpc) is 3.14. The summed E-state index contributed by atoms with van der Waals surface area (Å²) < 4.78 is 5.66. The summed E-state index contributed by atoms with van der Waals surface area (Å²) in [5, 5.41) is 21.1. The Bertz CT molecular complexity index is 1170. The molecule has 1 heterocycles. The van der Waals surface area contributed by atoms with Crippen molar-refractivity contribution in [1.29, 1.82) is 5.26 Å². The van der Waals surface area contributed by atoms with Gasteiger partial charge in [-0.15, -0.1) is 0 Å². The van der Waals surface area contributed by atoms with Crippen molar-refractivity contribution in [1.82, 2.24) is 0 Å². The lowest BCUT2D eigenvalue weighted by molar-refractivity contribution is -0.112. The van der Waals surface area contributed by atoms with Crippen molar-refractivity contribution in [2.45, 2.75) is 6.92 Å². The first kappa shape index (κ1) is 19.9. The number of hydrogen-bond acceptors (Lipinski definition) is 4. The molecule has 0 aliphatic rings. The number of rotatable bonds is 5. The fraction of sp³-hybridized carbons (Fsp3) is 0.0455. The number of furan rings is 1. The number of amides is 1. The number of nitrogens with zero attached hydrogens (tertiary/aromatic N) is 1. The normalized spacial score (nSPS) is 11.0. The van der Waals surface area contributed by atoms with Gasteiger partial charge in [-0.1, -0.05) is 29.8 Å². The van der Waals surface area contributed by atoms with Crippen molar-refractivity contribution >= 4 is 35.2 Å². The van der Waals surface area contributed by atoms with Crippen LogP contribution in [0, 0.1) is 18.3 Å². The number of aryl methyl sites for hydroxylation is 1. The largest absolute Gasteiger partial charge is 0.478 e. The zero-order chi connectivity index (χ0) is 21.0. The second-order valence-corrected chi connectivity index (χ2v) is 6.60. The van der Waals surface area contributed by atoms with Crippen LogP contribution >= 0.6 is 11.6 Å². The molecule has 2 aromatic carbocycles. The lowest BCUT2D eigenvalue weighted by Crippen LogP contribution is -2.13. The molecule has 0 radical (unpaired) electrons. The van der Waals surface area contributed by atoms with Crippen LogP contribution in [0.1, 0.15) is 21.7 Å². The van der Waals surface area contributed by atoms with Gasteiger partial charge in [0.2, 0.25) is 0 Å². The molecule has 6 nitrogen and oxygen atoms in total. The molecule has 0 aliphatic heterocycles. The van der Waals surface area contributed by atoms with Crippen molar-refractivity contribution in [3.63, 3.8) is 0 Å². The average molecular weight is 407 g/mol. The molecule has 3 aromatic rings. The Morgan fingerprint density at radius 2 is 1.97 bits per heavy atom. The highest BCUT2D eigenvalue weighted by molar-refractivity contribution is 6.33. The molecule has 0 saturated heterocycles. The molecule has 144 valence electrons. The molecule has 2 N–H and O–H groups in total. The summed E-state index contributed by atoms with van der Waals surface area (Å²) >= 11 is 5.99. The van der Waals surface area contributed by atoms with Crippen molar-refractivity contribution in [3.8, 4) is 17.4 Å². The number of nitrogens with one attached hydrogen (secondary N) is 1. The molecule has 0 unspecified atom stereocenters. The predicted octanol–water partition coefficient (Wildman–Crippen LogP) is 5.15. The lowest BCUT2D eigenvalue weighted by atomic mass is 10.1. The molecule has 0 fully saturated rings. The van der Waals surface area contributed by atoms with E-state index in [1.54, 1.807) is 36.4 Å². The molecule has 7 heteroatoms. The van der Waals surface area contributed by atoms with E-state index in [-0.39, 0.29) is 16.2 Å². The van der Waals surface area contributed by atoms with Gasteiger partial charge in [-0.3, -0.25) is 4.79 Å². The molecular formula is C22H15ClN2O4. The zero-order valence-corrected chi connectivity index (χ0v) is 16.0. The number of halogens is 1. The fourth-order valence-electron chi connectivity index (χ4n) is 2.64. The standard InChI is InChI=1S/C22H15ClN2O4/c1-13-3-2-4-16(9-13)25-21(26)15(12-24)10-17-6-8-20(29-17)14-5-7-18(22(27)28)19(23)11-14/h2-11H,1H3,(H,25,26)(H,27,28). The molecule has 0 bridgehead atoms. The molecule has 0 atom stereocenters. The number of carbonyl (C=O) groups is 2. The third kappa shape index (κ3) is 4.72. The van der Waals surface area contributed by atoms with E-state index in [0.29, 0.717) is 22.8 Å². The number of carbonyl (C=O) groups excluding carboxylic acids is 1. The summed E-state index contributed by atoms with van der Waals surface area (Å²) in [6.07, 6.45) is 1.34. The van der Waals surface area contributed by atoms with E-state index in [4.69, 9.17) is 21.1 Å². The molecule has 1 aromatic heterocycles. The number of carboxylic acids is 1. The van der Waals surface area contributed by atoms with Gasteiger partial charge in [-0.2, -0.15) is 5.26 Å². The number of benzene rings is 2. The maximum Gasteiger partial charge on any atom is 0.337 e. The summed E-state index contributed by atoms with van der Waals surface area (Å²) in [6, 6.07) is 16.8. The number of hydrogen-bond donors (Lipinski definition) is 2. The third-order valence-corrected chi connectivity index (χ3v) is 4.35. The minimum absolute atomic E-state index is 0.0123. The fourth-order valence-corrected chi connectivity index (χ4v) is 2.90. The Kier molecular flexibility index (Phi) is 5.82. The van der Waals surface area contributed by atoms with Crippen molar-refractivity contribution in [2.24, 2.45) is 0 Å². The van der Waals surface area contributed by atoms with Gasteiger partial charge in [-0.25, -0.2) is 4.79 Å². The van der Waals surface area contributed by atoms with Crippen molar-refractivity contribution in [3.05, 3.63) is 82.1 Å². The Morgan fingerprint density at radius 3 is 2.62 bits per heavy atom. The van der Waals surface area contributed by atoms with E-state index in [9.17, 15) is 14.9 Å². The molecule has 29 heavy (non-hydrogen) atoms. The van der Waals surface area contributed by atoms with E-state index >= 15 is 0 Å². The maximum absolute atomic E-state index is 12.4. The lowest BCUT2D eigenvalue weighted by Gasteiger charge is -2.04. The minimum atomic E-state index is -1.12. The quantitative estimate of drug-likeness (QED) is 0.450. The predicted molar refractivity (Wildman–Crippen MR) is 110 cm³/mol. The van der Waals surface area contributed by atoms with Crippen LogP contribution in [0.25, 0.3) is 17.4 Å².